The van der Waals surface area contributed by atoms with Crippen LogP contribution in [0.3, 0.4) is 0 Å². The zero-order chi connectivity index (χ0) is 14.7. The number of nitrogens with one attached hydrogen (secondary N) is 1. The average molecular weight is 292 g/mol. The molecule has 0 bridgehead atoms. The Morgan fingerprint density at radius 2 is 1.75 bits per heavy atom. The maximum atomic E-state index is 11.1. The molecule has 5 nitrogen and oxygen atoms in total. The largest absolute Gasteiger partial charge is 0.478 e. The SMILES string of the molecule is O=C(O)c1cccc(Nc2cc(Cl)ccc2C(=O)O)c1. The summed E-state index contributed by atoms with van der Waals surface area (Å²) in [6, 6.07) is 10.4. The molecule has 0 aliphatic rings. The third-order valence-corrected chi connectivity index (χ3v) is 2.84. The lowest BCUT2D eigenvalue weighted by Gasteiger charge is -2.10. The molecule has 3 N–H and O–H groups in total. The molecular formula is C14H10ClNO4. The summed E-state index contributed by atoms with van der Waals surface area (Å²) in [5.41, 5.74) is 0.922. The van der Waals surface area contributed by atoms with Crippen LogP contribution in [0.2, 0.25) is 5.02 Å². The molecule has 2 rings (SSSR count). The Labute approximate surface area is 119 Å². The van der Waals surface area contributed by atoms with Crippen molar-refractivity contribution in [1.82, 2.24) is 0 Å². The fourth-order valence-corrected chi connectivity index (χ4v) is 1.86. The van der Waals surface area contributed by atoms with Crippen LogP contribution in [-0.4, -0.2) is 22.2 Å². The molecule has 0 atom stereocenters. The van der Waals surface area contributed by atoms with E-state index in [0.717, 1.165) is 0 Å². The third-order valence-electron chi connectivity index (χ3n) is 2.60. The van der Waals surface area contributed by atoms with Crippen molar-refractivity contribution in [1.29, 1.82) is 0 Å². The van der Waals surface area contributed by atoms with E-state index >= 15 is 0 Å². The van der Waals surface area contributed by atoms with Gasteiger partial charge in [0.05, 0.1) is 16.8 Å². The topological polar surface area (TPSA) is 86.6 Å². The van der Waals surface area contributed by atoms with E-state index in [1.807, 2.05) is 0 Å². The van der Waals surface area contributed by atoms with Crippen molar-refractivity contribution >= 4 is 34.9 Å². The van der Waals surface area contributed by atoms with Gasteiger partial charge in [-0.1, -0.05) is 17.7 Å². The van der Waals surface area contributed by atoms with Crippen molar-refractivity contribution in [2.24, 2.45) is 0 Å². The molecule has 0 radical (unpaired) electrons. The highest BCUT2D eigenvalue weighted by atomic mass is 35.5. The predicted molar refractivity (Wildman–Crippen MR) is 75.1 cm³/mol. The third kappa shape index (κ3) is 3.07. The molecule has 6 heteroatoms. The van der Waals surface area contributed by atoms with Crippen LogP contribution in [0.25, 0.3) is 0 Å². The smallest absolute Gasteiger partial charge is 0.337 e. The quantitative estimate of drug-likeness (QED) is 0.803. The highest BCUT2D eigenvalue weighted by molar-refractivity contribution is 6.31. The van der Waals surface area contributed by atoms with Gasteiger partial charge >= 0.3 is 11.9 Å². The van der Waals surface area contributed by atoms with Crippen LogP contribution in [0.15, 0.2) is 42.5 Å². The van der Waals surface area contributed by atoms with Crippen molar-refractivity contribution < 1.29 is 19.8 Å². The van der Waals surface area contributed by atoms with E-state index in [1.54, 1.807) is 12.1 Å². The Morgan fingerprint density at radius 3 is 2.40 bits per heavy atom. The number of benzene rings is 2. The number of carboxylic acids is 2. The molecule has 20 heavy (non-hydrogen) atoms. The standard InChI is InChI=1S/C14H10ClNO4/c15-9-4-5-11(14(19)20)12(7-9)16-10-3-1-2-8(6-10)13(17)18/h1-7,16H,(H,17,18)(H,19,20). The molecule has 0 saturated carbocycles. The second kappa shape index (κ2) is 5.63. The molecular weight excluding hydrogens is 282 g/mol. The van der Waals surface area contributed by atoms with Crippen molar-refractivity contribution in [3.8, 4) is 0 Å². The number of aromatic carboxylic acids is 2. The van der Waals surface area contributed by atoms with Gasteiger partial charge in [0, 0.05) is 10.7 Å². The molecule has 0 heterocycles. The lowest BCUT2D eigenvalue weighted by Crippen LogP contribution is -2.03. The van der Waals surface area contributed by atoms with Crippen molar-refractivity contribution in [3.63, 3.8) is 0 Å². The van der Waals surface area contributed by atoms with Gasteiger partial charge in [-0.05, 0) is 36.4 Å². The van der Waals surface area contributed by atoms with Crippen molar-refractivity contribution in [2.45, 2.75) is 0 Å². The fraction of sp³-hybridized carbons (Fsp3) is 0. The maximum Gasteiger partial charge on any atom is 0.337 e. The van der Waals surface area contributed by atoms with Crippen molar-refractivity contribution in [2.75, 3.05) is 5.32 Å². The maximum absolute atomic E-state index is 11.1. The molecule has 0 aliphatic heterocycles. The predicted octanol–water partition coefficient (Wildman–Crippen LogP) is 3.48. The van der Waals surface area contributed by atoms with Crippen LogP contribution < -0.4 is 5.32 Å². The molecule has 0 fully saturated rings. The first-order valence-corrected chi connectivity index (χ1v) is 5.98. The highest BCUT2D eigenvalue weighted by Crippen LogP contribution is 2.25. The van der Waals surface area contributed by atoms with E-state index in [4.69, 9.17) is 21.8 Å². The van der Waals surface area contributed by atoms with E-state index in [2.05, 4.69) is 5.32 Å². The molecule has 0 saturated heterocycles. The first kappa shape index (κ1) is 13.9. The van der Waals surface area contributed by atoms with Gasteiger partial charge in [-0.2, -0.15) is 0 Å². The summed E-state index contributed by atoms with van der Waals surface area (Å²) in [6.07, 6.45) is 0. The summed E-state index contributed by atoms with van der Waals surface area (Å²) in [7, 11) is 0. The lowest BCUT2D eigenvalue weighted by atomic mass is 10.1. The van der Waals surface area contributed by atoms with Gasteiger partial charge in [0.25, 0.3) is 0 Å². The molecule has 0 amide bonds. The van der Waals surface area contributed by atoms with Crippen LogP contribution in [-0.2, 0) is 0 Å². The number of rotatable bonds is 4. The van der Waals surface area contributed by atoms with Crippen LogP contribution in [0, 0.1) is 0 Å². The van der Waals surface area contributed by atoms with Gasteiger partial charge < -0.3 is 15.5 Å². The minimum absolute atomic E-state index is 0.0510. The van der Waals surface area contributed by atoms with Crippen LogP contribution >= 0.6 is 11.6 Å². The second-order valence-electron chi connectivity index (χ2n) is 4.01. The minimum atomic E-state index is -1.10. The van der Waals surface area contributed by atoms with Gasteiger partial charge in [0.1, 0.15) is 0 Å². The van der Waals surface area contributed by atoms with Gasteiger partial charge in [-0.25, -0.2) is 9.59 Å². The van der Waals surface area contributed by atoms with Gasteiger partial charge in [0.2, 0.25) is 0 Å². The zero-order valence-corrected chi connectivity index (χ0v) is 10.9. The molecule has 0 unspecified atom stereocenters. The van der Waals surface area contributed by atoms with E-state index in [0.29, 0.717) is 16.4 Å². The monoisotopic (exact) mass is 291 g/mol. The van der Waals surface area contributed by atoms with E-state index in [9.17, 15) is 9.59 Å². The van der Waals surface area contributed by atoms with E-state index in [1.165, 1.54) is 30.3 Å². The molecule has 2 aromatic carbocycles. The van der Waals surface area contributed by atoms with Crippen LogP contribution in [0.4, 0.5) is 11.4 Å². The summed E-state index contributed by atoms with van der Waals surface area (Å²) in [5.74, 6) is -2.16. The van der Waals surface area contributed by atoms with Gasteiger partial charge in [-0.15, -0.1) is 0 Å². The van der Waals surface area contributed by atoms with E-state index in [-0.39, 0.29) is 11.1 Å². The number of hydrogen-bond acceptors (Lipinski definition) is 3. The van der Waals surface area contributed by atoms with Gasteiger partial charge in [-0.3, -0.25) is 0 Å². The van der Waals surface area contributed by atoms with Gasteiger partial charge in [0.15, 0.2) is 0 Å². The van der Waals surface area contributed by atoms with Crippen LogP contribution in [0.1, 0.15) is 20.7 Å². The second-order valence-corrected chi connectivity index (χ2v) is 4.44. The highest BCUT2D eigenvalue weighted by Gasteiger charge is 2.11. The normalized spacial score (nSPS) is 10.1. The zero-order valence-electron chi connectivity index (χ0n) is 10.1. The summed E-state index contributed by atoms with van der Waals surface area (Å²) < 4.78 is 0. The molecule has 0 aliphatic carbocycles. The number of carbonyl (C=O) groups is 2. The summed E-state index contributed by atoms with van der Waals surface area (Å²) >= 11 is 5.84. The summed E-state index contributed by atoms with van der Waals surface area (Å²) in [6.45, 7) is 0. The molecule has 102 valence electrons. The number of anilines is 2. The Bertz CT molecular complexity index is 685. The minimum Gasteiger partial charge on any atom is -0.478 e. The lowest BCUT2D eigenvalue weighted by molar-refractivity contribution is 0.0686. The molecule has 2 aromatic rings. The van der Waals surface area contributed by atoms with Crippen molar-refractivity contribution in [3.05, 3.63) is 58.6 Å². The Hall–Kier alpha value is -2.53. The fourth-order valence-electron chi connectivity index (χ4n) is 1.69. The number of hydrogen-bond donors (Lipinski definition) is 3. The Morgan fingerprint density at radius 1 is 1.00 bits per heavy atom. The Balaban J connectivity index is 2.39. The Kier molecular flexibility index (Phi) is 3.91. The number of halogens is 1. The summed E-state index contributed by atoms with van der Waals surface area (Å²) in [4.78, 5) is 22.0. The first-order valence-electron chi connectivity index (χ1n) is 5.60. The molecule has 0 aromatic heterocycles. The average Bonchev–Trinajstić information content (AvgIpc) is 2.38. The number of carboxylic acid groups (broad SMARTS) is 2. The summed E-state index contributed by atoms with van der Waals surface area (Å²) in [5, 5.41) is 21.3. The first-order chi connectivity index (χ1) is 9.47. The molecule has 0 spiro atoms. The van der Waals surface area contributed by atoms with E-state index < -0.39 is 11.9 Å². The van der Waals surface area contributed by atoms with Crippen LogP contribution in [0.5, 0.6) is 0 Å².